The molecule has 23 heavy (non-hydrogen) atoms. The summed E-state index contributed by atoms with van der Waals surface area (Å²) in [6, 6.07) is 3.45. The third-order valence-corrected chi connectivity index (χ3v) is 6.54. The van der Waals surface area contributed by atoms with Crippen LogP contribution in [0.1, 0.15) is 47.5 Å². The van der Waals surface area contributed by atoms with Crippen molar-refractivity contribution in [2.24, 2.45) is 0 Å². The Hall–Kier alpha value is -0.910. The molecular formula is C18H29N3OS. The SMILES string of the molecule is CC(NC1CCN(CC(=O)N(C)C)CC1)c1cc2c(s1)CCC2. The number of aryl methyl sites for hydroxylation is 2. The Labute approximate surface area is 143 Å². The molecular weight excluding hydrogens is 306 g/mol. The van der Waals surface area contributed by atoms with Gasteiger partial charge in [-0.1, -0.05) is 0 Å². The van der Waals surface area contributed by atoms with Gasteiger partial charge in [-0.15, -0.1) is 11.3 Å². The monoisotopic (exact) mass is 335 g/mol. The highest BCUT2D eigenvalue weighted by molar-refractivity contribution is 7.12. The first kappa shape index (κ1) is 16.9. The zero-order chi connectivity index (χ0) is 16.4. The van der Waals surface area contributed by atoms with Crippen LogP contribution in [-0.2, 0) is 17.6 Å². The Balaban J connectivity index is 1.45. The number of likely N-dealkylation sites (N-methyl/N-ethyl adjacent to an activating group) is 1. The summed E-state index contributed by atoms with van der Waals surface area (Å²) in [5, 5.41) is 3.81. The van der Waals surface area contributed by atoms with Crippen molar-refractivity contribution in [3.05, 3.63) is 21.4 Å². The predicted octanol–water partition coefficient (Wildman–Crippen LogP) is 2.44. The van der Waals surface area contributed by atoms with E-state index in [0.29, 0.717) is 18.6 Å². The molecule has 2 heterocycles. The standard InChI is InChI=1S/C18H29N3OS/c1-13(17-11-14-5-4-6-16(14)23-17)19-15-7-9-21(10-8-15)12-18(22)20(2)3/h11,13,15,19H,4-10,12H2,1-3H3. The Kier molecular flexibility index (Phi) is 5.39. The number of carbonyl (C=O) groups is 1. The minimum Gasteiger partial charge on any atom is -0.348 e. The van der Waals surface area contributed by atoms with Crippen LogP contribution in [0.25, 0.3) is 0 Å². The average molecular weight is 336 g/mol. The van der Waals surface area contributed by atoms with Crippen molar-refractivity contribution < 1.29 is 4.79 Å². The van der Waals surface area contributed by atoms with E-state index in [1.54, 1.807) is 15.3 Å². The summed E-state index contributed by atoms with van der Waals surface area (Å²) in [5.74, 6) is 0.206. The molecule has 0 radical (unpaired) electrons. The minimum atomic E-state index is 0.206. The topological polar surface area (TPSA) is 35.6 Å². The molecule has 1 fully saturated rings. The van der Waals surface area contributed by atoms with Crippen LogP contribution in [0.2, 0.25) is 0 Å². The second-order valence-electron chi connectivity index (χ2n) is 7.18. The maximum absolute atomic E-state index is 11.8. The molecule has 1 aromatic heterocycles. The summed E-state index contributed by atoms with van der Waals surface area (Å²) in [4.78, 5) is 18.9. The van der Waals surface area contributed by atoms with Gasteiger partial charge in [0.05, 0.1) is 6.54 Å². The Morgan fingerprint density at radius 2 is 2.13 bits per heavy atom. The van der Waals surface area contributed by atoms with E-state index >= 15 is 0 Å². The van der Waals surface area contributed by atoms with Crippen LogP contribution in [0.15, 0.2) is 6.07 Å². The molecule has 5 heteroatoms. The molecule has 1 aromatic rings. The number of carbonyl (C=O) groups excluding carboxylic acids is 1. The van der Waals surface area contributed by atoms with E-state index in [4.69, 9.17) is 0 Å². The van der Waals surface area contributed by atoms with Gasteiger partial charge in [-0.3, -0.25) is 9.69 Å². The third-order valence-electron chi connectivity index (χ3n) is 5.12. The van der Waals surface area contributed by atoms with Crippen LogP contribution >= 0.6 is 11.3 Å². The zero-order valence-corrected chi connectivity index (χ0v) is 15.4. The number of likely N-dealkylation sites (tertiary alicyclic amines) is 1. The van der Waals surface area contributed by atoms with E-state index in [9.17, 15) is 4.79 Å². The van der Waals surface area contributed by atoms with Gasteiger partial charge in [0.15, 0.2) is 0 Å². The van der Waals surface area contributed by atoms with Crippen molar-refractivity contribution in [2.45, 2.75) is 51.1 Å². The summed E-state index contributed by atoms with van der Waals surface area (Å²) in [5.41, 5.74) is 1.59. The summed E-state index contributed by atoms with van der Waals surface area (Å²) in [6.45, 7) is 4.89. The van der Waals surface area contributed by atoms with Gasteiger partial charge in [0.25, 0.3) is 0 Å². The molecule has 3 rings (SSSR count). The van der Waals surface area contributed by atoms with Crippen molar-refractivity contribution >= 4 is 17.2 Å². The fraction of sp³-hybridized carbons (Fsp3) is 0.722. The lowest BCUT2D eigenvalue weighted by atomic mass is 10.0. The second-order valence-corrected chi connectivity index (χ2v) is 8.35. The summed E-state index contributed by atoms with van der Waals surface area (Å²) in [7, 11) is 3.66. The van der Waals surface area contributed by atoms with Gasteiger partial charge in [0.1, 0.15) is 0 Å². The first-order valence-corrected chi connectivity index (χ1v) is 9.64. The van der Waals surface area contributed by atoms with E-state index in [1.165, 1.54) is 24.1 Å². The fourth-order valence-corrected chi connectivity index (χ4v) is 4.86. The molecule has 1 N–H and O–H groups in total. The quantitative estimate of drug-likeness (QED) is 0.898. The van der Waals surface area contributed by atoms with Crippen molar-refractivity contribution in [1.29, 1.82) is 0 Å². The number of hydrogen-bond acceptors (Lipinski definition) is 4. The van der Waals surface area contributed by atoms with Crippen molar-refractivity contribution in [3.63, 3.8) is 0 Å². The lowest BCUT2D eigenvalue weighted by molar-refractivity contribution is -0.130. The van der Waals surface area contributed by atoms with Crippen LogP contribution in [0.5, 0.6) is 0 Å². The highest BCUT2D eigenvalue weighted by atomic mass is 32.1. The fourth-order valence-electron chi connectivity index (χ4n) is 3.59. The molecule has 1 saturated heterocycles. The number of amides is 1. The van der Waals surface area contributed by atoms with E-state index < -0.39 is 0 Å². The average Bonchev–Trinajstić information content (AvgIpc) is 3.10. The van der Waals surface area contributed by atoms with Gasteiger partial charge in [-0.2, -0.15) is 0 Å². The van der Waals surface area contributed by atoms with E-state index in [0.717, 1.165) is 25.9 Å². The lowest BCUT2D eigenvalue weighted by Crippen LogP contribution is -2.46. The molecule has 0 bridgehead atoms. The Bertz CT molecular complexity index is 525. The minimum absolute atomic E-state index is 0.206. The van der Waals surface area contributed by atoms with Gasteiger partial charge in [-0.25, -0.2) is 0 Å². The summed E-state index contributed by atoms with van der Waals surface area (Å²) < 4.78 is 0. The summed E-state index contributed by atoms with van der Waals surface area (Å²) in [6.07, 6.45) is 6.17. The number of fused-ring (bicyclic) bond motifs is 1. The van der Waals surface area contributed by atoms with Crippen LogP contribution in [0.3, 0.4) is 0 Å². The largest absolute Gasteiger partial charge is 0.348 e. The van der Waals surface area contributed by atoms with Crippen LogP contribution in [0, 0.1) is 0 Å². The molecule has 1 unspecified atom stereocenters. The molecule has 0 saturated carbocycles. The smallest absolute Gasteiger partial charge is 0.236 e. The predicted molar refractivity (Wildman–Crippen MR) is 96.1 cm³/mol. The van der Waals surface area contributed by atoms with E-state index in [-0.39, 0.29) is 5.91 Å². The molecule has 1 amide bonds. The lowest BCUT2D eigenvalue weighted by Gasteiger charge is -2.33. The van der Waals surface area contributed by atoms with Crippen molar-refractivity contribution in [2.75, 3.05) is 33.7 Å². The summed E-state index contributed by atoms with van der Waals surface area (Å²) >= 11 is 2.01. The van der Waals surface area contributed by atoms with Gasteiger partial charge >= 0.3 is 0 Å². The van der Waals surface area contributed by atoms with Gasteiger partial charge < -0.3 is 10.2 Å². The number of nitrogens with zero attached hydrogens (tertiary/aromatic N) is 2. The zero-order valence-electron chi connectivity index (χ0n) is 14.6. The molecule has 0 spiro atoms. The van der Waals surface area contributed by atoms with Crippen molar-refractivity contribution in [3.8, 4) is 0 Å². The number of piperidine rings is 1. The first-order chi connectivity index (χ1) is 11.0. The molecule has 4 nitrogen and oxygen atoms in total. The molecule has 1 atom stereocenters. The molecule has 1 aliphatic carbocycles. The van der Waals surface area contributed by atoms with Crippen LogP contribution in [0.4, 0.5) is 0 Å². The number of thiophene rings is 1. The van der Waals surface area contributed by atoms with Crippen molar-refractivity contribution in [1.82, 2.24) is 15.1 Å². The van der Waals surface area contributed by atoms with Gasteiger partial charge in [-0.05, 0) is 50.7 Å². The van der Waals surface area contributed by atoms with E-state index in [1.807, 2.05) is 25.4 Å². The maximum Gasteiger partial charge on any atom is 0.236 e. The van der Waals surface area contributed by atoms with Gasteiger partial charge in [0.2, 0.25) is 5.91 Å². The number of hydrogen-bond donors (Lipinski definition) is 1. The Morgan fingerprint density at radius 3 is 2.78 bits per heavy atom. The number of nitrogens with one attached hydrogen (secondary N) is 1. The molecule has 128 valence electrons. The normalized spacial score (nSPS) is 20.5. The van der Waals surface area contributed by atoms with Gasteiger partial charge in [0, 0.05) is 49.0 Å². The first-order valence-electron chi connectivity index (χ1n) is 8.83. The maximum atomic E-state index is 11.8. The molecule has 2 aliphatic rings. The second kappa shape index (κ2) is 7.32. The van der Waals surface area contributed by atoms with E-state index in [2.05, 4.69) is 23.2 Å². The molecule has 0 aromatic carbocycles. The highest BCUT2D eigenvalue weighted by Gasteiger charge is 2.24. The van der Waals surface area contributed by atoms with Crippen LogP contribution in [-0.4, -0.2) is 55.5 Å². The third kappa shape index (κ3) is 4.14. The number of rotatable bonds is 5. The van der Waals surface area contributed by atoms with Crippen LogP contribution < -0.4 is 5.32 Å². The Morgan fingerprint density at radius 1 is 1.39 bits per heavy atom. The molecule has 1 aliphatic heterocycles. The highest BCUT2D eigenvalue weighted by Crippen LogP contribution is 2.34.